The van der Waals surface area contributed by atoms with Crippen LogP contribution in [0.5, 0.6) is 0 Å². The monoisotopic (exact) mass is 402 g/mol. The van der Waals surface area contributed by atoms with E-state index in [2.05, 4.69) is 0 Å². The molecular weight excluding hydrogens is 384 g/mol. The van der Waals surface area contributed by atoms with Gasteiger partial charge in [-0.25, -0.2) is 13.6 Å². The fourth-order valence-corrected chi connectivity index (χ4v) is 4.27. The summed E-state index contributed by atoms with van der Waals surface area (Å²) < 4.78 is 25.2. The van der Waals surface area contributed by atoms with Gasteiger partial charge >= 0.3 is 0 Å². The van der Waals surface area contributed by atoms with E-state index in [-0.39, 0.29) is 5.78 Å². The lowest BCUT2D eigenvalue weighted by Gasteiger charge is -2.29. The molecule has 0 aliphatic carbocycles. The highest BCUT2D eigenvalue weighted by molar-refractivity contribution is 7.90. The van der Waals surface area contributed by atoms with Gasteiger partial charge in [0.2, 0.25) is 15.8 Å². The SMILES string of the molecule is Cn1c(C(=O)c2ccc(Cl)cc2)ccc1C(C)(c1ccccc1)S(N)(=O)=O. The van der Waals surface area contributed by atoms with Crippen LogP contribution in [0.2, 0.25) is 5.02 Å². The predicted molar refractivity (Wildman–Crippen MR) is 106 cm³/mol. The molecule has 0 spiro atoms. The topological polar surface area (TPSA) is 82.2 Å². The lowest BCUT2D eigenvalue weighted by atomic mass is 9.96. The molecule has 5 nitrogen and oxygen atoms in total. The van der Waals surface area contributed by atoms with E-state index in [9.17, 15) is 13.2 Å². The van der Waals surface area contributed by atoms with Crippen LogP contribution in [0.1, 0.15) is 34.2 Å². The number of aromatic nitrogens is 1. The molecule has 1 aromatic heterocycles. The molecule has 140 valence electrons. The summed E-state index contributed by atoms with van der Waals surface area (Å²) in [5.41, 5.74) is 1.76. The fraction of sp³-hybridized carbons (Fsp3) is 0.150. The minimum absolute atomic E-state index is 0.231. The predicted octanol–water partition coefficient (Wildman–Crippen LogP) is 3.46. The van der Waals surface area contributed by atoms with Gasteiger partial charge in [-0.3, -0.25) is 4.79 Å². The number of sulfonamides is 1. The quantitative estimate of drug-likeness (QED) is 0.663. The Kier molecular flexibility index (Phi) is 4.99. The van der Waals surface area contributed by atoms with Crippen LogP contribution in [0, 0.1) is 0 Å². The summed E-state index contributed by atoms with van der Waals surface area (Å²) in [6.07, 6.45) is 0. The van der Waals surface area contributed by atoms with E-state index >= 15 is 0 Å². The largest absolute Gasteiger partial charge is 0.343 e. The zero-order valence-electron chi connectivity index (χ0n) is 14.9. The van der Waals surface area contributed by atoms with Crippen LogP contribution < -0.4 is 5.14 Å². The smallest absolute Gasteiger partial charge is 0.224 e. The van der Waals surface area contributed by atoms with Gasteiger partial charge in [0, 0.05) is 23.3 Å². The van der Waals surface area contributed by atoms with E-state index in [1.54, 1.807) is 85.3 Å². The van der Waals surface area contributed by atoms with Crippen molar-refractivity contribution in [3.05, 3.63) is 94.3 Å². The van der Waals surface area contributed by atoms with Gasteiger partial charge in [-0.15, -0.1) is 0 Å². The molecule has 2 N–H and O–H groups in total. The van der Waals surface area contributed by atoms with Crippen LogP contribution in [0.4, 0.5) is 0 Å². The lowest BCUT2D eigenvalue weighted by molar-refractivity contribution is 0.103. The second kappa shape index (κ2) is 6.96. The van der Waals surface area contributed by atoms with Crippen LogP contribution in [0.3, 0.4) is 0 Å². The molecular formula is C20H19ClN2O3S. The summed E-state index contributed by atoms with van der Waals surface area (Å²) in [6.45, 7) is 1.55. The van der Waals surface area contributed by atoms with Crippen molar-refractivity contribution in [1.82, 2.24) is 4.57 Å². The Bertz CT molecular complexity index is 1090. The highest BCUT2D eigenvalue weighted by atomic mass is 35.5. The zero-order valence-corrected chi connectivity index (χ0v) is 16.5. The Labute approximate surface area is 163 Å². The van der Waals surface area contributed by atoms with Gasteiger partial charge in [-0.2, -0.15) is 0 Å². The molecule has 0 amide bonds. The Morgan fingerprint density at radius 3 is 2.15 bits per heavy atom. The number of hydrogen-bond acceptors (Lipinski definition) is 3. The Balaban J connectivity index is 2.15. The Morgan fingerprint density at radius 2 is 1.59 bits per heavy atom. The zero-order chi connectivity index (χ0) is 19.8. The molecule has 3 rings (SSSR count). The van der Waals surface area contributed by atoms with Gasteiger partial charge in [-0.05, 0) is 48.9 Å². The minimum Gasteiger partial charge on any atom is -0.343 e. The molecule has 27 heavy (non-hydrogen) atoms. The molecule has 7 heteroatoms. The summed E-state index contributed by atoms with van der Waals surface area (Å²) in [5.74, 6) is -0.231. The van der Waals surface area contributed by atoms with Gasteiger partial charge in [0.15, 0.2) is 0 Å². The third-order valence-electron chi connectivity index (χ3n) is 4.84. The number of nitrogens with two attached hydrogens (primary N) is 1. The summed E-state index contributed by atoms with van der Waals surface area (Å²) in [6, 6.07) is 18.5. The number of nitrogens with zero attached hydrogens (tertiary/aromatic N) is 1. The van der Waals surface area contributed by atoms with Crippen molar-refractivity contribution in [1.29, 1.82) is 0 Å². The molecule has 0 saturated carbocycles. The van der Waals surface area contributed by atoms with Crippen molar-refractivity contribution in [3.8, 4) is 0 Å². The van der Waals surface area contributed by atoms with Crippen molar-refractivity contribution in [2.24, 2.45) is 12.2 Å². The van der Waals surface area contributed by atoms with E-state index in [4.69, 9.17) is 16.7 Å². The van der Waals surface area contributed by atoms with Gasteiger partial charge in [-0.1, -0.05) is 41.9 Å². The second-order valence-electron chi connectivity index (χ2n) is 6.44. The van der Waals surface area contributed by atoms with E-state index in [0.29, 0.717) is 27.5 Å². The highest BCUT2D eigenvalue weighted by Crippen LogP contribution is 2.36. The third kappa shape index (κ3) is 3.32. The lowest BCUT2D eigenvalue weighted by Crippen LogP contribution is -2.40. The maximum absolute atomic E-state index is 12.9. The maximum atomic E-state index is 12.9. The van der Waals surface area contributed by atoms with Crippen molar-refractivity contribution < 1.29 is 13.2 Å². The van der Waals surface area contributed by atoms with E-state index in [1.165, 1.54) is 0 Å². The maximum Gasteiger partial charge on any atom is 0.224 e. The molecule has 0 radical (unpaired) electrons. The van der Waals surface area contributed by atoms with Gasteiger partial charge in [0.05, 0.1) is 5.69 Å². The number of hydrogen-bond donors (Lipinski definition) is 1. The van der Waals surface area contributed by atoms with Crippen LogP contribution >= 0.6 is 11.6 Å². The first-order valence-electron chi connectivity index (χ1n) is 8.20. The first-order chi connectivity index (χ1) is 12.7. The first kappa shape index (κ1) is 19.4. The average Bonchev–Trinajstić information content (AvgIpc) is 3.02. The first-order valence-corrected chi connectivity index (χ1v) is 10.1. The molecule has 3 aromatic rings. The number of benzene rings is 2. The molecule has 2 aromatic carbocycles. The molecule has 0 saturated heterocycles. The molecule has 1 unspecified atom stereocenters. The number of rotatable bonds is 5. The molecule has 0 fully saturated rings. The molecule has 0 aliphatic heterocycles. The van der Waals surface area contributed by atoms with Crippen molar-refractivity contribution in [2.45, 2.75) is 11.7 Å². The number of carbonyl (C=O) groups is 1. The second-order valence-corrected chi connectivity index (χ2v) is 8.79. The summed E-state index contributed by atoms with van der Waals surface area (Å²) >= 11 is 5.88. The highest BCUT2D eigenvalue weighted by Gasteiger charge is 2.43. The van der Waals surface area contributed by atoms with Crippen molar-refractivity contribution >= 4 is 27.4 Å². The number of ketones is 1. The summed E-state index contributed by atoms with van der Waals surface area (Å²) in [4.78, 5) is 12.9. The van der Waals surface area contributed by atoms with Gasteiger partial charge in [0.25, 0.3) is 0 Å². The molecule has 1 heterocycles. The number of carbonyl (C=O) groups excluding carboxylic acids is 1. The van der Waals surface area contributed by atoms with E-state index in [0.717, 1.165) is 0 Å². The molecule has 1 atom stereocenters. The fourth-order valence-electron chi connectivity index (χ4n) is 3.18. The molecule has 0 aliphatic rings. The molecule has 0 bridgehead atoms. The average molecular weight is 403 g/mol. The van der Waals surface area contributed by atoms with Crippen LogP contribution in [0.25, 0.3) is 0 Å². The summed E-state index contributed by atoms with van der Waals surface area (Å²) in [5, 5.41) is 6.15. The van der Waals surface area contributed by atoms with Gasteiger partial charge < -0.3 is 4.57 Å². The van der Waals surface area contributed by atoms with Crippen LogP contribution in [-0.2, 0) is 21.8 Å². The van der Waals surface area contributed by atoms with Crippen LogP contribution in [-0.4, -0.2) is 18.8 Å². The van der Waals surface area contributed by atoms with E-state index < -0.39 is 14.8 Å². The Morgan fingerprint density at radius 1 is 1.00 bits per heavy atom. The van der Waals surface area contributed by atoms with Crippen molar-refractivity contribution in [3.63, 3.8) is 0 Å². The number of primary sulfonamides is 1. The Hall–Kier alpha value is -2.41. The summed E-state index contributed by atoms with van der Waals surface area (Å²) in [7, 11) is -2.37. The van der Waals surface area contributed by atoms with Crippen LogP contribution in [0.15, 0.2) is 66.7 Å². The minimum atomic E-state index is -4.03. The van der Waals surface area contributed by atoms with Gasteiger partial charge in [0.1, 0.15) is 4.75 Å². The van der Waals surface area contributed by atoms with E-state index in [1.807, 2.05) is 0 Å². The normalized spacial score (nSPS) is 13.9. The standard InChI is InChI=1S/C20H19ClN2O3S/c1-20(27(22,25)26,15-6-4-3-5-7-15)18-13-12-17(23(18)2)19(24)14-8-10-16(21)11-9-14/h3-13H,1-2H3,(H2,22,25,26). The third-order valence-corrected chi connectivity index (χ3v) is 6.68. The van der Waals surface area contributed by atoms with Crippen molar-refractivity contribution in [2.75, 3.05) is 0 Å². The number of halogens is 1.